The van der Waals surface area contributed by atoms with E-state index in [-0.39, 0.29) is 11.8 Å². The summed E-state index contributed by atoms with van der Waals surface area (Å²) in [5, 5.41) is 2.59. The summed E-state index contributed by atoms with van der Waals surface area (Å²) in [6.45, 7) is 6.88. The van der Waals surface area contributed by atoms with E-state index in [0.717, 1.165) is 57.1 Å². The molecular formula is C36H40N4O3. The second kappa shape index (κ2) is 13.4. The Kier molecular flexibility index (Phi) is 9.01. The van der Waals surface area contributed by atoms with Crippen LogP contribution in [0.1, 0.15) is 34.3 Å². The Morgan fingerprint density at radius 1 is 0.837 bits per heavy atom. The van der Waals surface area contributed by atoms with E-state index in [0.29, 0.717) is 31.7 Å². The highest BCUT2D eigenvalue weighted by Gasteiger charge is 2.25. The maximum atomic E-state index is 13.2. The molecule has 2 amide bonds. The summed E-state index contributed by atoms with van der Waals surface area (Å²) in [4.78, 5) is 33.7. The minimum atomic E-state index is 0.0339. The predicted molar refractivity (Wildman–Crippen MR) is 171 cm³/mol. The smallest absolute Gasteiger partial charge is 0.254 e. The highest BCUT2D eigenvalue weighted by Crippen LogP contribution is 2.24. The number of hydrogen-bond donors (Lipinski definition) is 0. The molecule has 0 bridgehead atoms. The highest BCUT2D eigenvalue weighted by molar-refractivity contribution is 5.99. The van der Waals surface area contributed by atoms with Crippen molar-refractivity contribution in [1.29, 1.82) is 0 Å². The minimum Gasteiger partial charge on any atom is -0.492 e. The highest BCUT2D eigenvalue weighted by atomic mass is 16.5. The van der Waals surface area contributed by atoms with Crippen LogP contribution in [0.15, 0.2) is 91.0 Å². The number of rotatable bonds is 10. The summed E-state index contributed by atoms with van der Waals surface area (Å²) in [5.74, 6) is 1.06. The average Bonchev–Trinajstić information content (AvgIpc) is 3.47. The Bertz CT molecular complexity index is 1570. The Morgan fingerprint density at radius 3 is 2.47 bits per heavy atom. The molecule has 4 aromatic rings. The second-order valence-corrected chi connectivity index (χ2v) is 11.6. The number of piperazine rings is 1. The molecule has 7 nitrogen and oxygen atoms in total. The molecule has 2 fully saturated rings. The lowest BCUT2D eigenvalue weighted by molar-refractivity contribution is -0.117. The predicted octanol–water partition coefficient (Wildman–Crippen LogP) is 5.44. The van der Waals surface area contributed by atoms with Gasteiger partial charge in [0, 0.05) is 70.0 Å². The van der Waals surface area contributed by atoms with E-state index < -0.39 is 0 Å². The van der Waals surface area contributed by atoms with Gasteiger partial charge in [-0.05, 0) is 65.7 Å². The number of anilines is 1. The fraction of sp³-hybridized carbons (Fsp3) is 0.333. The summed E-state index contributed by atoms with van der Waals surface area (Å²) < 4.78 is 6.15. The fourth-order valence-electron chi connectivity index (χ4n) is 6.20. The standard InChI is InChI=1S/C36H40N4O3/c1-37(27-31-12-5-10-29-9-2-3-15-34(29)31)26-28-8-4-14-33(24-28)43-23-22-38-18-20-39(21-19-38)36(42)30-11-6-13-32(25-30)40-17-7-16-35(40)41/h2-6,8-15,24-25H,7,16-23,26-27H2,1H3. The second-order valence-electron chi connectivity index (χ2n) is 11.6. The molecule has 0 radical (unpaired) electrons. The normalized spacial score (nSPS) is 15.9. The number of fused-ring (bicyclic) bond motifs is 1. The molecule has 0 unspecified atom stereocenters. The molecule has 0 N–H and O–H groups in total. The van der Waals surface area contributed by atoms with Crippen molar-refractivity contribution >= 4 is 28.3 Å². The van der Waals surface area contributed by atoms with E-state index in [1.807, 2.05) is 35.2 Å². The quantitative estimate of drug-likeness (QED) is 0.252. The summed E-state index contributed by atoms with van der Waals surface area (Å²) in [5.41, 5.74) is 4.04. The number of ether oxygens (including phenoxy) is 1. The fourth-order valence-corrected chi connectivity index (χ4v) is 6.20. The van der Waals surface area contributed by atoms with Crippen molar-refractivity contribution in [2.24, 2.45) is 0 Å². The Balaban J connectivity index is 0.952. The van der Waals surface area contributed by atoms with Gasteiger partial charge in [0.05, 0.1) is 0 Å². The van der Waals surface area contributed by atoms with Crippen molar-refractivity contribution in [3.8, 4) is 5.75 Å². The monoisotopic (exact) mass is 576 g/mol. The number of nitrogens with zero attached hydrogens (tertiary/aromatic N) is 4. The van der Waals surface area contributed by atoms with Crippen LogP contribution in [-0.4, -0.2) is 79.4 Å². The number of carbonyl (C=O) groups is 2. The van der Waals surface area contributed by atoms with E-state index in [1.54, 1.807) is 4.90 Å². The zero-order valence-electron chi connectivity index (χ0n) is 25.0. The van der Waals surface area contributed by atoms with Crippen LogP contribution in [0, 0.1) is 0 Å². The third-order valence-electron chi connectivity index (χ3n) is 8.49. The molecule has 2 aliphatic rings. The van der Waals surface area contributed by atoms with Gasteiger partial charge in [-0.15, -0.1) is 0 Å². The summed E-state index contributed by atoms with van der Waals surface area (Å²) in [7, 11) is 2.16. The summed E-state index contributed by atoms with van der Waals surface area (Å²) in [6.07, 6.45) is 1.46. The van der Waals surface area contributed by atoms with E-state index in [4.69, 9.17) is 4.74 Å². The van der Waals surface area contributed by atoms with Crippen molar-refractivity contribution in [3.63, 3.8) is 0 Å². The van der Waals surface area contributed by atoms with Gasteiger partial charge in [-0.2, -0.15) is 0 Å². The number of benzene rings is 4. The van der Waals surface area contributed by atoms with Gasteiger partial charge >= 0.3 is 0 Å². The first-order valence-corrected chi connectivity index (χ1v) is 15.3. The van der Waals surface area contributed by atoms with Gasteiger partial charge in [0.15, 0.2) is 0 Å². The van der Waals surface area contributed by atoms with Gasteiger partial charge < -0.3 is 14.5 Å². The molecule has 43 heavy (non-hydrogen) atoms. The van der Waals surface area contributed by atoms with Gasteiger partial charge in [-0.3, -0.25) is 19.4 Å². The molecule has 6 rings (SSSR count). The SMILES string of the molecule is CN(Cc1cccc(OCCN2CCN(C(=O)c3cccc(N4CCCC4=O)c3)CC2)c1)Cc1cccc2ccccc12. The molecule has 0 saturated carbocycles. The minimum absolute atomic E-state index is 0.0339. The van der Waals surface area contributed by atoms with Gasteiger partial charge in [0.1, 0.15) is 12.4 Å². The molecule has 2 aliphatic heterocycles. The van der Waals surface area contributed by atoms with Crippen LogP contribution in [0.2, 0.25) is 0 Å². The lowest BCUT2D eigenvalue weighted by Crippen LogP contribution is -2.49. The lowest BCUT2D eigenvalue weighted by atomic mass is 10.0. The first-order valence-electron chi connectivity index (χ1n) is 15.3. The number of carbonyl (C=O) groups excluding carboxylic acids is 2. The third-order valence-corrected chi connectivity index (χ3v) is 8.49. The molecule has 0 aromatic heterocycles. The van der Waals surface area contributed by atoms with Crippen molar-refractivity contribution < 1.29 is 14.3 Å². The Morgan fingerprint density at radius 2 is 1.63 bits per heavy atom. The molecule has 7 heteroatoms. The van der Waals surface area contributed by atoms with E-state index >= 15 is 0 Å². The Labute approximate surface area is 254 Å². The van der Waals surface area contributed by atoms with Crippen molar-refractivity contribution in [2.75, 3.05) is 57.8 Å². The van der Waals surface area contributed by atoms with Crippen molar-refractivity contribution in [1.82, 2.24) is 14.7 Å². The van der Waals surface area contributed by atoms with Crippen molar-refractivity contribution in [3.05, 3.63) is 108 Å². The zero-order chi connectivity index (χ0) is 29.6. The number of hydrogen-bond acceptors (Lipinski definition) is 5. The van der Waals surface area contributed by atoms with Crippen LogP contribution >= 0.6 is 0 Å². The first kappa shape index (κ1) is 28.9. The molecule has 0 aliphatic carbocycles. The van der Waals surface area contributed by atoms with Gasteiger partial charge in [0.25, 0.3) is 5.91 Å². The van der Waals surface area contributed by atoms with E-state index in [1.165, 1.54) is 21.9 Å². The molecular weight excluding hydrogens is 536 g/mol. The lowest BCUT2D eigenvalue weighted by Gasteiger charge is -2.34. The van der Waals surface area contributed by atoms with E-state index in [2.05, 4.69) is 77.5 Å². The third kappa shape index (κ3) is 7.07. The van der Waals surface area contributed by atoms with Crippen molar-refractivity contribution in [2.45, 2.75) is 25.9 Å². The molecule has 4 aromatic carbocycles. The molecule has 2 saturated heterocycles. The van der Waals surface area contributed by atoms with Crippen LogP contribution in [0.4, 0.5) is 5.69 Å². The van der Waals surface area contributed by atoms with Crippen LogP contribution in [0.3, 0.4) is 0 Å². The molecule has 2 heterocycles. The van der Waals surface area contributed by atoms with Gasteiger partial charge in [0.2, 0.25) is 5.91 Å². The number of amides is 2. The maximum Gasteiger partial charge on any atom is 0.254 e. The van der Waals surface area contributed by atoms with Gasteiger partial charge in [-0.1, -0.05) is 60.7 Å². The summed E-state index contributed by atoms with van der Waals surface area (Å²) in [6, 6.07) is 30.9. The first-order chi connectivity index (χ1) is 21.0. The van der Waals surface area contributed by atoms with Gasteiger partial charge in [-0.25, -0.2) is 0 Å². The van der Waals surface area contributed by atoms with Crippen LogP contribution in [0.25, 0.3) is 10.8 Å². The van der Waals surface area contributed by atoms with Crippen LogP contribution < -0.4 is 9.64 Å². The van der Waals surface area contributed by atoms with E-state index in [9.17, 15) is 9.59 Å². The average molecular weight is 577 g/mol. The van der Waals surface area contributed by atoms with Crippen LogP contribution in [0.5, 0.6) is 5.75 Å². The molecule has 0 atom stereocenters. The zero-order valence-corrected chi connectivity index (χ0v) is 25.0. The topological polar surface area (TPSA) is 56.3 Å². The maximum absolute atomic E-state index is 13.2. The Hall–Kier alpha value is -4.20. The summed E-state index contributed by atoms with van der Waals surface area (Å²) >= 11 is 0. The molecule has 222 valence electrons. The molecule has 0 spiro atoms. The van der Waals surface area contributed by atoms with Crippen LogP contribution in [-0.2, 0) is 17.9 Å². The largest absolute Gasteiger partial charge is 0.492 e.